The maximum Gasteiger partial charge on any atom is 0.228 e. The molecule has 0 aromatic carbocycles. The van der Waals surface area contributed by atoms with Crippen molar-refractivity contribution < 1.29 is 4.74 Å². The van der Waals surface area contributed by atoms with Gasteiger partial charge in [0.25, 0.3) is 0 Å². The van der Waals surface area contributed by atoms with Gasteiger partial charge in [-0.15, -0.1) is 0 Å². The van der Waals surface area contributed by atoms with Crippen LogP contribution in [0, 0.1) is 0 Å². The minimum atomic E-state index is -0.140. The van der Waals surface area contributed by atoms with Gasteiger partial charge < -0.3 is 15.4 Å². The molecule has 2 N–H and O–H groups in total. The fourth-order valence-corrected chi connectivity index (χ4v) is 1.94. The molecule has 1 atom stereocenters. The number of hydrogen-bond acceptors (Lipinski definition) is 6. The van der Waals surface area contributed by atoms with Crippen LogP contribution >= 0.6 is 11.6 Å². The Labute approximate surface area is 105 Å². The average molecular weight is 258 g/mol. The monoisotopic (exact) mass is 257 g/mol. The Balaban J connectivity index is 2.00. The van der Waals surface area contributed by atoms with E-state index in [0.29, 0.717) is 18.4 Å². The number of aromatic nitrogens is 3. The summed E-state index contributed by atoms with van der Waals surface area (Å²) in [6.07, 6.45) is 2.13. The molecule has 1 aliphatic heterocycles. The number of nitrogens with zero attached hydrogens (tertiary/aromatic N) is 3. The highest BCUT2D eigenvalue weighted by Crippen LogP contribution is 2.25. The van der Waals surface area contributed by atoms with Gasteiger partial charge in [-0.3, -0.25) is 0 Å². The van der Waals surface area contributed by atoms with Crippen LogP contribution in [-0.4, -0.2) is 40.8 Å². The Hall–Kier alpha value is -1.14. The summed E-state index contributed by atoms with van der Waals surface area (Å²) in [5.41, 5.74) is -0.140. The molecule has 1 unspecified atom stereocenters. The van der Waals surface area contributed by atoms with Gasteiger partial charge in [-0.25, -0.2) is 0 Å². The van der Waals surface area contributed by atoms with Crippen LogP contribution < -0.4 is 10.6 Å². The van der Waals surface area contributed by atoms with E-state index in [1.807, 2.05) is 0 Å². The van der Waals surface area contributed by atoms with E-state index in [1.54, 1.807) is 7.05 Å². The third-order valence-electron chi connectivity index (χ3n) is 2.75. The standard InChI is InChI=1S/C10H16ClN5O/c1-10(4-3-5-17-10)6-13-9-15-7(11)14-8(12-2)16-9/h3-6H2,1-2H3,(H2,12,13,14,15,16). The van der Waals surface area contributed by atoms with Crippen LogP contribution in [0.15, 0.2) is 0 Å². The van der Waals surface area contributed by atoms with Gasteiger partial charge in [0.05, 0.1) is 5.60 Å². The van der Waals surface area contributed by atoms with Gasteiger partial charge in [0, 0.05) is 20.2 Å². The summed E-state index contributed by atoms with van der Waals surface area (Å²) in [7, 11) is 1.73. The zero-order valence-corrected chi connectivity index (χ0v) is 10.7. The molecule has 1 fully saturated rings. The van der Waals surface area contributed by atoms with E-state index >= 15 is 0 Å². The number of hydrogen-bond donors (Lipinski definition) is 2. The second-order valence-electron chi connectivity index (χ2n) is 4.26. The van der Waals surface area contributed by atoms with E-state index in [4.69, 9.17) is 16.3 Å². The molecule has 1 saturated heterocycles. The first-order valence-corrected chi connectivity index (χ1v) is 5.96. The lowest BCUT2D eigenvalue weighted by Crippen LogP contribution is -2.33. The van der Waals surface area contributed by atoms with E-state index in [-0.39, 0.29) is 10.9 Å². The van der Waals surface area contributed by atoms with Crippen LogP contribution in [0.1, 0.15) is 19.8 Å². The summed E-state index contributed by atoms with van der Waals surface area (Å²) in [4.78, 5) is 12.1. The summed E-state index contributed by atoms with van der Waals surface area (Å²) in [6.45, 7) is 3.56. The molecule has 0 aliphatic carbocycles. The van der Waals surface area contributed by atoms with E-state index in [1.165, 1.54) is 0 Å². The van der Waals surface area contributed by atoms with Crippen LogP contribution in [0.2, 0.25) is 5.28 Å². The lowest BCUT2D eigenvalue weighted by Gasteiger charge is -2.23. The Kier molecular flexibility index (Phi) is 3.63. The normalized spacial score (nSPS) is 23.7. The number of anilines is 2. The minimum absolute atomic E-state index is 0.140. The molecule has 2 rings (SSSR count). The molecule has 1 aromatic heterocycles. The lowest BCUT2D eigenvalue weighted by molar-refractivity contribution is 0.0314. The fourth-order valence-electron chi connectivity index (χ4n) is 1.78. The number of nitrogens with one attached hydrogen (secondary N) is 2. The van der Waals surface area contributed by atoms with Crippen molar-refractivity contribution in [2.24, 2.45) is 0 Å². The predicted molar refractivity (Wildman–Crippen MR) is 66.5 cm³/mol. The van der Waals surface area contributed by atoms with Gasteiger partial charge in [-0.05, 0) is 31.4 Å². The molecule has 1 aromatic rings. The smallest absolute Gasteiger partial charge is 0.228 e. The highest BCUT2D eigenvalue weighted by molar-refractivity contribution is 6.28. The summed E-state index contributed by atoms with van der Waals surface area (Å²) in [6, 6.07) is 0. The first-order chi connectivity index (χ1) is 8.11. The van der Waals surface area contributed by atoms with E-state index < -0.39 is 0 Å². The molecule has 0 saturated carbocycles. The Morgan fingerprint density at radius 3 is 2.76 bits per heavy atom. The molecule has 0 radical (unpaired) electrons. The molecule has 6 nitrogen and oxygen atoms in total. The van der Waals surface area contributed by atoms with Crippen LogP contribution in [0.5, 0.6) is 0 Å². The zero-order valence-electron chi connectivity index (χ0n) is 9.96. The van der Waals surface area contributed by atoms with Crippen LogP contribution in [-0.2, 0) is 4.74 Å². The second-order valence-corrected chi connectivity index (χ2v) is 4.60. The molecular formula is C10H16ClN5O. The number of halogens is 1. The Morgan fingerprint density at radius 1 is 1.35 bits per heavy atom. The quantitative estimate of drug-likeness (QED) is 0.853. The summed E-state index contributed by atoms with van der Waals surface area (Å²) in [5, 5.41) is 6.13. The topological polar surface area (TPSA) is 72.0 Å². The Bertz CT molecular complexity index is 394. The summed E-state index contributed by atoms with van der Waals surface area (Å²) < 4.78 is 5.67. The minimum Gasteiger partial charge on any atom is -0.373 e. The molecule has 0 amide bonds. The predicted octanol–water partition coefficient (Wildman–Crippen LogP) is 1.55. The van der Waals surface area contributed by atoms with Crippen molar-refractivity contribution in [2.45, 2.75) is 25.4 Å². The molecule has 2 heterocycles. The van der Waals surface area contributed by atoms with Crippen LogP contribution in [0.3, 0.4) is 0 Å². The van der Waals surface area contributed by atoms with Gasteiger partial charge in [0.1, 0.15) is 0 Å². The van der Waals surface area contributed by atoms with Crippen LogP contribution in [0.25, 0.3) is 0 Å². The average Bonchev–Trinajstić information content (AvgIpc) is 2.73. The molecule has 7 heteroatoms. The van der Waals surface area contributed by atoms with Crippen molar-refractivity contribution in [3.8, 4) is 0 Å². The van der Waals surface area contributed by atoms with Crippen molar-refractivity contribution in [2.75, 3.05) is 30.8 Å². The van der Waals surface area contributed by atoms with Crippen molar-refractivity contribution in [1.29, 1.82) is 0 Å². The maximum absolute atomic E-state index is 5.79. The fraction of sp³-hybridized carbons (Fsp3) is 0.700. The lowest BCUT2D eigenvalue weighted by atomic mass is 10.0. The number of ether oxygens (including phenoxy) is 1. The highest BCUT2D eigenvalue weighted by Gasteiger charge is 2.29. The van der Waals surface area contributed by atoms with Crippen molar-refractivity contribution in [1.82, 2.24) is 15.0 Å². The van der Waals surface area contributed by atoms with E-state index in [0.717, 1.165) is 19.4 Å². The van der Waals surface area contributed by atoms with Gasteiger partial charge in [-0.1, -0.05) is 0 Å². The zero-order chi connectivity index (χ0) is 12.3. The first kappa shape index (κ1) is 12.3. The molecule has 17 heavy (non-hydrogen) atoms. The van der Waals surface area contributed by atoms with Crippen LogP contribution in [0.4, 0.5) is 11.9 Å². The maximum atomic E-state index is 5.79. The van der Waals surface area contributed by atoms with Crippen molar-refractivity contribution in [3.05, 3.63) is 5.28 Å². The molecular weight excluding hydrogens is 242 g/mol. The van der Waals surface area contributed by atoms with Crippen molar-refractivity contribution in [3.63, 3.8) is 0 Å². The van der Waals surface area contributed by atoms with E-state index in [9.17, 15) is 0 Å². The molecule has 94 valence electrons. The largest absolute Gasteiger partial charge is 0.373 e. The molecule has 1 aliphatic rings. The summed E-state index contributed by atoms with van der Waals surface area (Å²) >= 11 is 5.79. The SMILES string of the molecule is CNc1nc(Cl)nc(NCC2(C)CCCO2)n1. The van der Waals surface area contributed by atoms with Gasteiger partial charge in [0.15, 0.2) is 0 Å². The van der Waals surface area contributed by atoms with E-state index in [2.05, 4.69) is 32.5 Å². The summed E-state index contributed by atoms with van der Waals surface area (Å²) in [5.74, 6) is 0.913. The Morgan fingerprint density at radius 2 is 2.12 bits per heavy atom. The first-order valence-electron chi connectivity index (χ1n) is 5.58. The highest BCUT2D eigenvalue weighted by atomic mass is 35.5. The van der Waals surface area contributed by atoms with Gasteiger partial charge >= 0.3 is 0 Å². The van der Waals surface area contributed by atoms with Gasteiger partial charge in [-0.2, -0.15) is 15.0 Å². The third-order valence-corrected chi connectivity index (χ3v) is 2.92. The van der Waals surface area contributed by atoms with Crippen molar-refractivity contribution >= 4 is 23.5 Å². The second kappa shape index (κ2) is 5.01. The van der Waals surface area contributed by atoms with Gasteiger partial charge in [0.2, 0.25) is 17.2 Å². The molecule has 0 bridgehead atoms. The number of rotatable bonds is 4. The third kappa shape index (κ3) is 3.17. The molecule has 0 spiro atoms.